The van der Waals surface area contributed by atoms with Crippen molar-refractivity contribution in [2.24, 2.45) is 20.0 Å². The minimum Gasteiger partial charge on any atom is -0.388 e. The number of nitrogens with zero attached hydrogens (tertiary/aromatic N) is 8. The Labute approximate surface area is 868 Å². The number of hydrogen-bond donors (Lipinski definition) is 7. The van der Waals surface area contributed by atoms with Gasteiger partial charge >= 0.3 is 0 Å². The highest BCUT2D eigenvalue weighted by Crippen LogP contribution is 2.49. The second-order valence-corrected chi connectivity index (χ2v) is 41.5. The fraction of sp³-hybridized carbons (Fsp3) is 0.149. The summed E-state index contributed by atoms with van der Waals surface area (Å²) in [6.45, 7) is 41.7. The number of aliphatic imine (C=N–C) groups is 4. The summed E-state index contributed by atoms with van der Waals surface area (Å²) >= 11 is 0. The molecule has 8 aromatic carbocycles. The summed E-state index contributed by atoms with van der Waals surface area (Å²) in [7, 11) is 1.95. The second-order valence-electron chi connectivity index (χ2n) is 41.5. The molecule has 8 aliphatic rings. The number of nitrogens with one attached hydrogen (secondary N) is 7. The minimum absolute atomic E-state index is 0.666. The maximum absolute atomic E-state index is 5.90. The third kappa shape index (κ3) is 16.7. The first-order valence-corrected chi connectivity index (χ1v) is 51.4. The van der Waals surface area contributed by atoms with Crippen LogP contribution in [0.25, 0.3) is 176 Å². The van der Waals surface area contributed by atoms with Crippen LogP contribution in [0.5, 0.6) is 0 Å². The Morgan fingerprint density at radius 2 is 0.530 bits per heavy atom. The molecule has 24 rings (SSSR count). The van der Waals surface area contributed by atoms with Crippen LogP contribution in [0.3, 0.4) is 0 Å². The lowest BCUT2D eigenvalue weighted by atomic mass is 9.90. The fourth-order valence-corrected chi connectivity index (χ4v) is 24.4. The van der Waals surface area contributed by atoms with Crippen molar-refractivity contribution < 1.29 is 0 Å². The van der Waals surface area contributed by atoms with Crippen LogP contribution < -0.4 is 5.32 Å². The van der Waals surface area contributed by atoms with E-state index in [1.807, 2.05) is 7.05 Å². The van der Waals surface area contributed by atoms with E-state index >= 15 is 0 Å². The van der Waals surface area contributed by atoms with Crippen molar-refractivity contribution in [3.63, 3.8) is 0 Å². The first-order chi connectivity index (χ1) is 72.0. The molecule has 24 bridgehead atoms. The first-order valence-electron chi connectivity index (χ1n) is 51.4. The highest BCUT2D eigenvalue weighted by molar-refractivity contribution is 6.53. The fourth-order valence-electron chi connectivity index (χ4n) is 24.4. The van der Waals surface area contributed by atoms with E-state index in [9.17, 15) is 0 Å². The first kappa shape index (κ1) is 93.5. The standard InChI is InChI=1S/C134H115N15/c1-69-57-75(7)118(76(8)58-69)127-102-35-33-94(138-102)87(19)95-34-36-103(139-95)128(119-77(9)59-70(2)60-78(119)10)105-44-38-99(141-105)125(98-37-43-104(127)140-98)89-23-29-92(30-24-89)136-134-116-55-51-112(148-116)131(122-83(15)65-73(5)66-84(122)16)108-47-41-100(144-108)126(101-42-48-109(145-101)132(113-52-56-117(134)149-113)123-85(17)67-74(6)68-86(123)18)90-25-31-93(32-26-90)137-133-114-53-49-110(146-114)129(120-79(11)61-71(3)62-80(120)12)106-45-39-96(142-106)124(88-21-27-91(135-20)28-22-88)97-40-46-107(143-97)130(111-50-54-115(133)147-111)121-81(13)63-72(4)64-82(121)14/h21-68,135,138,141-142,144,147,149H,1-20H3/b94-87?,95-87?,124-96?,124-97?,125-98?,125-99?,126-90?,127-102?,127-104?,128-103?,128-105?,129-106?,129-110?,130-107?,130-111?,131-112+,132-109+,133-114?,133-115?,136-134+,137-93?. The van der Waals surface area contributed by atoms with Crippen LogP contribution in [0.1, 0.15) is 185 Å². The van der Waals surface area contributed by atoms with Crippen molar-refractivity contribution in [2.75, 3.05) is 12.4 Å². The van der Waals surface area contributed by atoms with Crippen LogP contribution in [0.4, 0.5) is 17.1 Å². The van der Waals surface area contributed by atoms with E-state index in [-0.39, 0.29) is 0 Å². The average molecular weight is 1940 g/mol. The molecule has 0 spiro atoms. The Morgan fingerprint density at radius 3 is 0.940 bits per heavy atom. The van der Waals surface area contributed by atoms with Crippen molar-refractivity contribution in [2.45, 2.75) is 132 Å². The molecular weight excluding hydrogens is 1820 g/mol. The van der Waals surface area contributed by atoms with E-state index < -0.39 is 0 Å². The predicted octanol–water partition coefficient (Wildman–Crippen LogP) is 33.2. The van der Waals surface area contributed by atoms with Gasteiger partial charge in [-0.05, 0) is 436 Å². The van der Waals surface area contributed by atoms with Gasteiger partial charge in [0.05, 0.1) is 91.0 Å². The van der Waals surface area contributed by atoms with E-state index in [0.29, 0.717) is 22.8 Å². The van der Waals surface area contributed by atoms with Gasteiger partial charge in [-0.25, -0.2) is 39.9 Å². The quantitative estimate of drug-likeness (QED) is 0.0673. The van der Waals surface area contributed by atoms with Gasteiger partial charge in [-0.1, -0.05) is 143 Å². The van der Waals surface area contributed by atoms with Crippen LogP contribution in [-0.4, -0.2) is 79.7 Å². The van der Waals surface area contributed by atoms with Gasteiger partial charge in [0, 0.05) is 119 Å². The Morgan fingerprint density at radius 1 is 0.228 bits per heavy atom. The molecule has 7 N–H and O–H groups in total. The molecule has 726 valence electrons. The third-order valence-electron chi connectivity index (χ3n) is 30.3. The highest BCUT2D eigenvalue weighted by Gasteiger charge is 2.32. The van der Waals surface area contributed by atoms with Gasteiger partial charge in [0.25, 0.3) is 0 Å². The molecule has 15 heterocycles. The topological polar surface area (TPSA) is 208 Å². The monoisotopic (exact) mass is 1930 g/mol. The number of allylic oxidation sites excluding steroid dienone is 10. The van der Waals surface area contributed by atoms with Gasteiger partial charge in [-0.3, -0.25) is 0 Å². The summed E-state index contributed by atoms with van der Waals surface area (Å²) in [6.07, 6.45) is 34.6. The molecule has 8 aromatic heterocycles. The van der Waals surface area contributed by atoms with E-state index in [1.54, 1.807) is 0 Å². The summed E-state index contributed by atoms with van der Waals surface area (Å²) in [5, 5.41) is 3.33. The molecule has 0 radical (unpaired) electrons. The number of benzene rings is 8. The zero-order chi connectivity index (χ0) is 103. The van der Waals surface area contributed by atoms with Crippen LogP contribution in [0, 0.1) is 132 Å². The van der Waals surface area contributed by atoms with Gasteiger partial charge in [-0.2, -0.15) is 0 Å². The summed E-state index contributed by atoms with van der Waals surface area (Å²) in [4.78, 5) is 70.2. The second kappa shape index (κ2) is 36.7. The molecule has 15 nitrogen and oxygen atoms in total. The summed E-state index contributed by atoms with van der Waals surface area (Å²) in [6, 6.07) is 70.9. The normalized spacial score (nSPS) is 15.2. The molecule has 0 amide bonds. The zero-order valence-corrected chi connectivity index (χ0v) is 87.8. The molecule has 0 atom stereocenters. The van der Waals surface area contributed by atoms with E-state index in [4.69, 9.17) is 39.9 Å². The number of H-pyrrole nitrogens is 6. The molecule has 1 aliphatic carbocycles. The number of aromatic nitrogens is 10. The van der Waals surface area contributed by atoms with Gasteiger partial charge < -0.3 is 35.2 Å². The number of aromatic amines is 6. The van der Waals surface area contributed by atoms with E-state index in [0.717, 1.165) is 291 Å². The third-order valence-corrected chi connectivity index (χ3v) is 30.3. The van der Waals surface area contributed by atoms with Crippen molar-refractivity contribution in [1.82, 2.24) is 49.8 Å². The van der Waals surface area contributed by atoms with Gasteiger partial charge in [0.1, 0.15) is 11.4 Å². The molecule has 0 unspecified atom stereocenters. The number of hydrogen-bond acceptors (Lipinski definition) is 9. The lowest BCUT2D eigenvalue weighted by Gasteiger charge is -2.17. The number of rotatable bonds is 11. The molecule has 0 saturated carbocycles. The largest absolute Gasteiger partial charge is 0.388 e. The maximum atomic E-state index is 5.90. The van der Waals surface area contributed by atoms with Crippen molar-refractivity contribution in [3.05, 3.63) is 445 Å². The molecule has 0 saturated heterocycles. The summed E-state index contributed by atoms with van der Waals surface area (Å²) in [5.74, 6) is 0. The molecule has 15 heteroatoms. The predicted molar refractivity (Wildman–Crippen MR) is 628 cm³/mol. The van der Waals surface area contributed by atoms with Crippen LogP contribution in [0.15, 0.2) is 280 Å². The zero-order valence-electron chi connectivity index (χ0n) is 87.8. The Hall–Kier alpha value is -17.8. The number of aryl methyl sites for hydroxylation is 19. The molecule has 7 aliphatic heterocycles. The number of fused-ring (bicyclic) bond motifs is 22. The highest BCUT2D eigenvalue weighted by atomic mass is 14.9. The smallest absolute Gasteiger partial charge is 0.113 e. The van der Waals surface area contributed by atoms with E-state index in [2.05, 4.69) is 458 Å². The minimum atomic E-state index is 0.666. The maximum Gasteiger partial charge on any atom is 0.113 e. The molecule has 16 aromatic rings. The molecular formula is C134H115N15. The molecule has 0 fully saturated rings. The van der Waals surface area contributed by atoms with Crippen LogP contribution in [-0.2, 0) is 0 Å². The van der Waals surface area contributed by atoms with Crippen LogP contribution >= 0.6 is 0 Å². The van der Waals surface area contributed by atoms with E-state index in [1.165, 1.54) is 55.6 Å². The Bertz CT molecular complexity index is 9260. The number of anilines is 1. The summed E-state index contributed by atoms with van der Waals surface area (Å²) in [5.41, 5.74) is 64.8. The molecule has 149 heavy (non-hydrogen) atoms. The van der Waals surface area contributed by atoms with Gasteiger partial charge in [-0.15, -0.1) is 0 Å². The lowest BCUT2D eigenvalue weighted by Crippen LogP contribution is -2.13. The Kier molecular flexibility index (Phi) is 23.1. The van der Waals surface area contributed by atoms with Gasteiger partial charge in [0.2, 0.25) is 0 Å². The van der Waals surface area contributed by atoms with Gasteiger partial charge in [0.15, 0.2) is 0 Å². The van der Waals surface area contributed by atoms with Crippen molar-refractivity contribution >= 4 is 149 Å². The van der Waals surface area contributed by atoms with Crippen LogP contribution in [0.2, 0.25) is 0 Å². The van der Waals surface area contributed by atoms with Crippen molar-refractivity contribution in [3.8, 4) is 66.8 Å². The average Bonchev–Trinajstić information content (AvgIpc) is 1.61. The lowest BCUT2D eigenvalue weighted by molar-refractivity contribution is 1.24. The van der Waals surface area contributed by atoms with Crippen molar-refractivity contribution in [1.29, 1.82) is 0 Å². The summed E-state index contributed by atoms with van der Waals surface area (Å²) < 4.78 is 0. The Balaban J connectivity index is 0.681. The SMILES string of the molecule is CNc1ccc(-c2c3nc(c(-c4c(C)cc(C)cc4C)c4ccc([nH]4)c(N=C4C=CC(=C5C6=N/C(=C(/c7c(C)cc(C)cc7C)c7ccc([nH]7)/C(=N/c7ccc(-c8c9nc(c(-c%10c(C)cc(C)cc%10C)c%10ccc([nH]%10)c(C)c%10nc(c(-c%11c(C)cc(C)cc%11C)c%11ccc8[nH]%11)C=C%10)C=C9)cc7)C7=N/C(=C(/c8c(C)cc(C)cc8C)c8ccc5[nH]8)C=C7)C=C6)C=C4)c4nc(c(-c5c(C)cc(C)cc5C)c5ccc2[nH]5)C=C4)C=C3)cc1.